The van der Waals surface area contributed by atoms with Gasteiger partial charge in [0.15, 0.2) is 6.29 Å². The van der Waals surface area contributed by atoms with Crippen LogP contribution < -0.4 is 5.32 Å². The molecule has 4 unspecified atom stereocenters. The van der Waals surface area contributed by atoms with Crippen LogP contribution in [0.5, 0.6) is 0 Å². The lowest BCUT2D eigenvalue weighted by atomic mass is 9.88. The first-order valence-electron chi connectivity index (χ1n) is 7.21. The van der Waals surface area contributed by atoms with Gasteiger partial charge in [-0.1, -0.05) is 6.92 Å². The minimum absolute atomic E-state index is 0.00691. The molecule has 0 aromatic heterocycles. The molecule has 4 heteroatoms. The molecule has 2 fully saturated rings. The molecule has 2 rings (SSSR count). The van der Waals surface area contributed by atoms with Crippen molar-refractivity contribution in [2.45, 2.75) is 70.8 Å². The average Bonchev–Trinajstić information content (AvgIpc) is 2.33. The predicted molar refractivity (Wildman–Crippen MR) is 69.1 cm³/mol. The van der Waals surface area contributed by atoms with Gasteiger partial charge in [-0.15, -0.1) is 0 Å². The molecule has 2 saturated heterocycles. The second-order valence-corrected chi connectivity index (χ2v) is 5.68. The Balaban J connectivity index is 1.58. The number of ether oxygens (including phenoxy) is 2. The van der Waals surface area contributed by atoms with Crippen molar-refractivity contribution in [1.29, 1.82) is 0 Å². The van der Waals surface area contributed by atoms with E-state index < -0.39 is 0 Å². The molecule has 104 valence electrons. The van der Waals surface area contributed by atoms with Gasteiger partial charge in [0, 0.05) is 19.1 Å². The maximum absolute atomic E-state index is 10.9. The summed E-state index contributed by atoms with van der Waals surface area (Å²) >= 11 is 0. The van der Waals surface area contributed by atoms with Crippen LogP contribution in [-0.4, -0.2) is 30.9 Å². The van der Waals surface area contributed by atoms with Crippen LogP contribution in [0.25, 0.3) is 0 Å². The Labute approximate surface area is 109 Å². The van der Waals surface area contributed by atoms with E-state index in [9.17, 15) is 4.79 Å². The van der Waals surface area contributed by atoms with E-state index >= 15 is 0 Å². The summed E-state index contributed by atoms with van der Waals surface area (Å²) in [5.41, 5.74) is 0. The normalized spacial score (nSPS) is 31.3. The minimum atomic E-state index is 0.00691. The van der Waals surface area contributed by atoms with Crippen LogP contribution >= 0.6 is 0 Å². The molecule has 1 amide bonds. The smallest absolute Gasteiger partial charge is 0.222 e. The topological polar surface area (TPSA) is 47.6 Å². The Morgan fingerprint density at radius 3 is 2.78 bits per heavy atom. The van der Waals surface area contributed by atoms with Crippen LogP contribution in [0, 0.1) is 5.92 Å². The van der Waals surface area contributed by atoms with Crippen LogP contribution in [0.15, 0.2) is 0 Å². The number of nitrogens with one attached hydrogen (secondary N) is 1. The number of amides is 1. The summed E-state index contributed by atoms with van der Waals surface area (Å²) in [7, 11) is 0. The van der Waals surface area contributed by atoms with Gasteiger partial charge in [-0.25, -0.2) is 0 Å². The van der Waals surface area contributed by atoms with E-state index in [-0.39, 0.29) is 18.3 Å². The number of hydrogen-bond acceptors (Lipinski definition) is 3. The second-order valence-electron chi connectivity index (χ2n) is 5.68. The summed E-state index contributed by atoms with van der Waals surface area (Å²) in [5, 5.41) is 2.94. The van der Waals surface area contributed by atoms with E-state index in [1.54, 1.807) is 0 Å². The van der Waals surface area contributed by atoms with Crippen LogP contribution in [0.2, 0.25) is 0 Å². The third-order valence-corrected chi connectivity index (χ3v) is 3.99. The molecule has 0 aliphatic carbocycles. The fraction of sp³-hybridized carbons (Fsp3) is 0.929. The quantitative estimate of drug-likeness (QED) is 0.740. The number of carbonyl (C=O) groups is 1. The van der Waals surface area contributed by atoms with E-state index in [1.807, 2.05) is 0 Å². The maximum atomic E-state index is 10.9. The Kier molecular flexibility index (Phi) is 5.01. The molecule has 0 aromatic carbocycles. The molecule has 1 N–H and O–H groups in total. The van der Waals surface area contributed by atoms with E-state index in [4.69, 9.17) is 9.47 Å². The van der Waals surface area contributed by atoms with Crippen molar-refractivity contribution in [3.8, 4) is 0 Å². The Morgan fingerprint density at radius 1 is 1.39 bits per heavy atom. The molecule has 18 heavy (non-hydrogen) atoms. The molecule has 0 aromatic rings. The second kappa shape index (κ2) is 6.53. The summed E-state index contributed by atoms with van der Waals surface area (Å²) in [6.45, 7) is 5.15. The molecular formula is C14H25NO3. The van der Waals surface area contributed by atoms with Crippen molar-refractivity contribution in [3.05, 3.63) is 0 Å². The molecule has 2 heterocycles. The van der Waals surface area contributed by atoms with Crippen LogP contribution in [-0.2, 0) is 14.3 Å². The van der Waals surface area contributed by atoms with Gasteiger partial charge in [-0.3, -0.25) is 4.79 Å². The third-order valence-electron chi connectivity index (χ3n) is 3.99. The third kappa shape index (κ3) is 3.95. The molecule has 0 saturated carbocycles. The zero-order valence-corrected chi connectivity index (χ0v) is 11.5. The number of rotatable bonds is 6. The van der Waals surface area contributed by atoms with E-state index in [0.717, 1.165) is 32.3 Å². The number of β-lactam (4-membered cyclic amide) rings is 1. The largest absolute Gasteiger partial charge is 0.353 e. The maximum Gasteiger partial charge on any atom is 0.222 e. The highest BCUT2D eigenvalue weighted by Crippen LogP contribution is 2.22. The predicted octanol–water partition coefficient (Wildman–Crippen LogP) is 2.22. The molecule has 0 radical (unpaired) electrons. The Morgan fingerprint density at radius 2 is 2.17 bits per heavy atom. The van der Waals surface area contributed by atoms with Crippen molar-refractivity contribution in [1.82, 2.24) is 5.32 Å². The fourth-order valence-corrected chi connectivity index (χ4v) is 2.57. The summed E-state index contributed by atoms with van der Waals surface area (Å²) in [6.07, 6.45) is 6.47. The Bertz CT molecular complexity index is 268. The molecule has 2 aliphatic rings. The fourth-order valence-electron chi connectivity index (χ4n) is 2.57. The average molecular weight is 255 g/mol. The molecule has 2 aliphatic heterocycles. The summed E-state index contributed by atoms with van der Waals surface area (Å²) < 4.78 is 11.5. The van der Waals surface area contributed by atoms with E-state index in [1.165, 1.54) is 6.42 Å². The van der Waals surface area contributed by atoms with Gasteiger partial charge in [0.05, 0.1) is 6.10 Å². The van der Waals surface area contributed by atoms with Crippen molar-refractivity contribution >= 4 is 5.91 Å². The zero-order chi connectivity index (χ0) is 13.0. The SMILES string of the molecule is CC(CCC(C)C1CC(=O)N1)OC1CCCCO1. The van der Waals surface area contributed by atoms with Gasteiger partial charge in [0.1, 0.15) is 0 Å². The van der Waals surface area contributed by atoms with Crippen LogP contribution in [0.4, 0.5) is 0 Å². The summed E-state index contributed by atoms with van der Waals surface area (Å²) in [4.78, 5) is 10.9. The van der Waals surface area contributed by atoms with Gasteiger partial charge in [-0.05, 0) is 44.9 Å². The van der Waals surface area contributed by atoms with E-state index in [2.05, 4.69) is 19.2 Å². The highest BCUT2D eigenvalue weighted by atomic mass is 16.7. The van der Waals surface area contributed by atoms with Gasteiger partial charge < -0.3 is 14.8 Å². The monoisotopic (exact) mass is 255 g/mol. The molecule has 4 atom stereocenters. The first-order chi connectivity index (χ1) is 8.65. The minimum Gasteiger partial charge on any atom is -0.353 e. The van der Waals surface area contributed by atoms with E-state index in [0.29, 0.717) is 18.4 Å². The van der Waals surface area contributed by atoms with Crippen molar-refractivity contribution in [3.63, 3.8) is 0 Å². The molecular weight excluding hydrogens is 230 g/mol. The van der Waals surface area contributed by atoms with Crippen LogP contribution in [0.3, 0.4) is 0 Å². The first kappa shape index (κ1) is 13.8. The van der Waals surface area contributed by atoms with Gasteiger partial charge in [0.25, 0.3) is 0 Å². The van der Waals surface area contributed by atoms with Gasteiger partial charge in [0.2, 0.25) is 5.91 Å². The molecule has 0 spiro atoms. The van der Waals surface area contributed by atoms with Crippen molar-refractivity contribution in [2.24, 2.45) is 5.92 Å². The first-order valence-corrected chi connectivity index (χ1v) is 7.21. The number of hydrogen-bond donors (Lipinski definition) is 1. The zero-order valence-electron chi connectivity index (χ0n) is 11.5. The van der Waals surface area contributed by atoms with Crippen LogP contribution in [0.1, 0.15) is 52.4 Å². The standard InChI is InChI=1S/C14H25NO3/c1-10(12-9-13(16)15-12)6-7-11(2)18-14-5-3-4-8-17-14/h10-12,14H,3-9H2,1-2H3,(H,15,16). The highest BCUT2D eigenvalue weighted by molar-refractivity contribution is 5.82. The van der Waals surface area contributed by atoms with Crippen molar-refractivity contribution in [2.75, 3.05) is 6.61 Å². The number of carbonyl (C=O) groups excluding carboxylic acids is 1. The summed E-state index contributed by atoms with van der Waals surface area (Å²) in [5.74, 6) is 0.729. The molecule has 0 bridgehead atoms. The lowest BCUT2D eigenvalue weighted by Gasteiger charge is -2.33. The Hall–Kier alpha value is -0.610. The van der Waals surface area contributed by atoms with Gasteiger partial charge in [-0.2, -0.15) is 0 Å². The van der Waals surface area contributed by atoms with Crippen molar-refractivity contribution < 1.29 is 14.3 Å². The molecule has 4 nitrogen and oxygen atoms in total. The summed E-state index contributed by atoms with van der Waals surface area (Å²) in [6, 6.07) is 0.385. The lowest BCUT2D eigenvalue weighted by molar-refractivity contribution is -0.186. The van der Waals surface area contributed by atoms with Gasteiger partial charge >= 0.3 is 0 Å². The highest BCUT2D eigenvalue weighted by Gasteiger charge is 2.30. The lowest BCUT2D eigenvalue weighted by Crippen LogP contribution is -2.52.